The molecule has 3 aromatic rings. The first-order valence-corrected chi connectivity index (χ1v) is 11.6. The monoisotopic (exact) mass is 520 g/mol. The molecule has 0 bridgehead atoms. The summed E-state index contributed by atoms with van der Waals surface area (Å²) in [5, 5.41) is 10.8. The van der Waals surface area contributed by atoms with Crippen LogP contribution in [0.2, 0.25) is 0 Å². The van der Waals surface area contributed by atoms with E-state index in [9.17, 15) is 24.3 Å². The standard InChI is InChI=1S/C28H24O10/c1-34-27(32)22-20(35-24(29)17-11-5-2-6-12-17)21(36-25(30)18-13-7-3-8-14-18)23(28(33)38-22)37-26(31)19-15-9-4-10-16-19/h2-16,20-23,28,33H,1H3/t20-,21-,22-,23+,28+/m0/s1. The summed E-state index contributed by atoms with van der Waals surface area (Å²) < 4.78 is 26.9. The van der Waals surface area contributed by atoms with Gasteiger partial charge in [-0.3, -0.25) is 0 Å². The minimum atomic E-state index is -1.94. The summed E-state index contributed by atoms with van der Waals surface area (Å²) in [6.45, 7) is 0. The molecule has 4 rings (SSSR count). The third-order valence-corrected chi connectivity index (χ3v) is 5.70. The quantitative estimate of drug-likeness (QED) is 0.366. The van der Waals surface area contributed by atoms with Crippen molar-refractivity contribution in [2.75, 3.05) is 7.11 Å². The zero-order chi connectivity index (χ0) is 27.1. The van der Waals surface area contributed by atoms with Gasteiger partial charge in [-0.2, -0.15) is 0 Å². The van der Waals surface area contributed by atoms with Crippen LogP contribution < -0.4 is 0 Å². The molecule has 5 atom stereocenters. The molecule has 0 saturated carbocycles. The normalized spacial score (nSPS) is 22.5. The maximum Gasteiger partial charge on any atom is 0.339 e. The lowest BCUT2D eigenvalue weighted by Gasteiger charge is -2.42. The number of carbonyl (C=O) groups is 4. The first-order valence-electron chi connectivity index (χ1n) is 11.6. The van der Waals surface area contributed by atoms with E-state index in [1.54, 1.807) is 54.6 Å². The van der Waals surface area contributed by atoms with E-state index < -0.39 is 54.6 Å². The van der Waals surface area contributed by atoms with Gasteiger partial charge in [-0.15, -0.1) is 0 Å². The Hall–Kier alpha value is -4.54. The highest BCUT2D eigenvalue weighted by molar-refractivity contribution is 5.91. The van der Waals surface area contributed by atoms with E-state index in [0.29, 0.717) is 0 Å². The van der Waals surface area contributed by atoms with E-state index in [0.717, 1.165) is 7.11 Å². The summed E-state index contributed by atoms with van der Waals surface area (Å²) in [4.78, 5) is 51.4. The van der Waals surface area contributed by atoms with Gasteiger partial charge in [0.25, 0.3) is 0 Å². The molecule has 1 aliphatic rings. The Labute approximate surface area is 217 Å². The van der Waals surface area contributed by atoms with E-state index in [1.165, 1.54) is 36.4 Å². The molecule has 0 aromatic heterocycles. The summed E-state index contributed by atoms with van der Waals surface area (Å²) in [7, 11) is 1.07. The number of esters is 4. The van der Waals surface area contributed by atoms with E-state index in [2.05, 4.69) is 0 Å². The van der Waals surface area contributed by atoms with Gasteiger partial charge >= 0.3 is 23.9 Å². The summed E-state index contributed by atoms with van der Waals surface area (Å²) in [5.74, 6) is -3.64. The highest BCUT2D eigenvalue weighted by Gasteiger charge is 2.55. The van der Waals surface area contributed by atoms with Crippen molar-refractivity contribution in [2.45, 2.75) is 30.7 Å². The van der Waals surface area contributed by atoms with Gasteiger partial charge in [-0.1, -0.05) is 54.6 Å². The van der Waals surface area contributed by atoms with Crippen molar-refractivity contribution in [3.8, 4) is 0 Å². The Morgan fingerprint density at radius 2 is 0.974 bits per heavy atom. The Morgan fingerprint density at radius 3 is 1.37 bits per heavy atom. The van der Waals surface area contributed by atoms with Gasteiger partial charge in [0, 0.05) is 0 Å². The van der Waals surface area contributed by atoms with E-state index >= 15 is 0 Å². The van der Waals surface area contributed by atoms with Crippen LogP contribution in [-0.4, -0.2) is 66.8 Å². The lowest BCUT2D eigenvalue weighted by atomic mass is 9.97. The number of hydrogen-bond donors (Lipinski definition) is 1. The van der Waals surface area contributed by atoms with Gasteiger partial charge in [0.1, 0.15) is 0 Å². The number of aliphatic hydroxyl groups excluding tert-OH is 1. The summed E-state index contributed by atoms with van der Waals surface area (Å²) in [6, 6.07) is 23.6. The topological polar surface area (TPSA) is 135 Å². The molecule has 1 aliphatic heterocycles. The number of carbonyl (C=O) groups excluding carboxylic acids is 4. The molecule has 10 nitrogen and oxygen atoms in total. The van der Waals surface area contributed by atoms with Crippen LogP contribution in [0, 0.1) is 0 Å². The van der Waals surface area contributed by atoms with Crippen molar-refractivity contribution < 1.29 is 48.0 Å². The molecule has 1 saturated heterocycles. The smallest absolute Gasteiger partial charge is 0.339 e. The average Bonchev–Trinajstić information content (AvgIpc) is 2.96. The van der Waals surface area contributed by atoms with E-state index in [-0.39, 0.29) is 16.7 Å². The van der Waals surface area contributed by atoms with Gasteiger partial charge in [0.2, 0.25) is 0 Å². The molecule has 10 heteroatoms. The molecule has 0 amide bonds. The van der Waals surface area contributed by atoms with Crippen molar-refractivity contribution in [1.29, 1.82) is 0 Å². The number of methoxy groups -OCH3 is 1. The summed E-state index contributed by atoms with van der Waals surface area (Å²) in [6.07, 6.45) is -8.63. The Kier molecular flexibility index (Phi) is 8.47. The molecule has 1 fully saturated rings. The molecule has 38 heavy (non-hydrogen) atoms. The maximum absolute atomic E-state index is 13.0. The molecular weight excluding hydrogens is 496 g/mol. The number of benzene rings is 3. The van der Waals surface area contributed by atoms with Crippen molar-refractivity contribution >= 4 is 23.9 Å². The lowest BCUT2D eigenvalue weighted by molar-refractivity contribution is -0.278. The zero-order valence-electron chi connectivity index (χ0n) is 20.2. The minimum Gasteiger partial charge on any atom is -0.467 e. The number of aliphatic hydroxyl groups is 1. The number of hydrogen-bond acceptors (Lipinski definition) is 10. The molecule has 3 aromatic carbocycles. The van der Waals surface area contributed by atoms with Crippen LogP contribution in [0.4, 0.5) is 0 Å². The second kappa shape index (κ2) is 12.1. The van der Waals surface area contributed by atoms with Crippen molar-refractivity contribution in [3.05, 3.63) is 108 Å². The third-order valence-electron chi connectivity index (χ3n) is 5.70. The van der Waals surface area contributed by atoms with Crippen molar-refractivity contribution in [2.24, 2.45) is 0 Å². The van der Waals surface area contributed by atoms with Crippen LogP contribution in [0.1, 0.15) is 31.1 Å². The first-order chi connectivity index (χ1) is 18.4. The lowest BCUT2D eigenvalue weighted by Crippen LogP contribution is -2.63. The Balaban J connectivity index is 1.71. The zero-order valence-corrected chi connectivity index (χ0v) is 20.2. The van der Waals surface area contributed by atoms with Crippen LogP contribution in [0.5, 0.6) is 0 Å². The van der Waals surface area contributed by atoms with E-state index in [1.807, 2.05) is 0 Å². The second-order valence-electron chi connectivity index (χ2n) is 8.18. The SMILES string of the molecule is COC(=O)[C@H]1O[C@@H](O)[C@H](OC(=O)c2ccccc2)[C@@H](OC(=O)c2ccccc2)[C@@H]1OC(=O)c1ccccc1. The van der Waals surface area contributed by atoms with E-state index in [4.69, 9.17) is 23.7 Å². The predicted molar refractivity (Wildman–Crippen MR) is 130 cm³/mol. The largest absolute Gasteiger partial charge is 0.467 e. The van der Waals surface area contributed by atoms with Crippen LogP contribution in [0.3, 0.4) is 0 Å². The summed E-state index contributed by atoms with van der Waals surface area (Å²) in [5.41, 5.74) is 0.401. The highest BCUT2D eigenvalue weighted by atomic mass is 16.7. The van der Waals surface area contributed by atoms with Crippen LogP contribution in [0.15, 0.2) is 91.0 Å². The fourth-order valence-electron chi connectivity index (χ4n) is 3.82. The molecule has 0 radical (unpaired) electrons. The van der Waals surface area contributed by atoms with Crippen LogP contribution in [-0.2, 0) is 28.5 Å². The second-order valence-corrected chi connectivity index (χ2v) is 8.18. The fourth-order valence-corrected chi connectivity index (χ4v) is 3.82. The molecule has 0 aliphatic carbocycles. The van der Waals surface area contributed by atoms with Crippen LogP contribution >= 0.6 is 0 Å². The molecule has 0 unspecified atom stereocenters. The highest BCUT2D eigenvalue weighted by Crippen LogP contribution is 2.30. The number of rotatable bonds is 7. The Bertz CT molecular complexity index is 1260. The van der Waals surface area contributed by atoms with Gasteiger partial charge in [0.15, 0.2) is 30.7 Å². The average molecular weight is 520 g/mol. The maximum atomic E-state index is 13.0. The van der Waals surface area contributed by atoms with Crippen LogP contribution in [0.25, 0.3) is 0 Å². The minimum absolute atomic E-state index is 0.129. The van der Waals surface area contributed by atoms with Gasteiger partial charge in [0.05, 0.1) is 23.8 Å². The molecule has 0 spiro atoms. The Morgan fingerprint density at radius 1 is 0.605 bits per heavy atom. The first kappa shape index (κ1) is 26.5. The third kappa shape index (κ3) is 6.05. The molecular formula is C28H24O10. The number of ether oxygens (including phenoxy) is 5. The van der Waals surface area contributed by atoms with Crippen molar-refractivity contribution in [3.63, 3.8) is 0 Å². The van der Waals surface area contributed by atoms with Gasteiger partial charge < -0.3 is 28.8 Å². The molecule has 1 heterocycles. The van der Waals surface area contributed by atoms with Crippen molar-refractivity contribution in [1.82, 2.24) is 0 Å². The summed E-state index contributed by atoms with van der Waals surface area (Å²) >= 11 is 0. The molecule has 196 valence electrons. The fraction of sp³-hybridized carbons (Fsp3) is 0.214. The predicted octanol–water partition coefficient (Wildman–Crippen LogP) is 2.55. The van der Waals surface area contributed by atoms with Gasteiger partial charge in [-0.25, -0.2) is 19.2 Å². The van der Waals surface area contributed by atoms with Gasteiger partial charge in [-0.05, 0) is 36.4 Å². The molecule has 1 N–H and O–H groups in total.